The molecular weight excluding hydrogens is 488 g/mol. The second kappa shape index (κ2) is 17.3. The van der Waals surface area contributed by atoms with Crippen molar-refractivity contribution in [2.45, 2.75) is 136 Å². The quantitative estimate of drug-likeness (QED) is 0.113. The molecule has 2 aliphatic rings. The molecule has 224 valence electrons. The van der Waals surface area contributed by atoms with Gasteiger partial charge in [-0.2, -0.15) is 0 Å². The molecule has 0 aromatic rings. The molecule has 2 fully saturated rings. The standard InChI is InChI=1S/C34H58O5/c1-7-8-9-10-11-12-27-15-19-30(20-16-27)31-21-17-28(18-22-31)13-14-29(23-38-32(35)25(2)3)24-39-33(36)26(4)34(5,6)37/h27-31,37H,2,4,7-24H2,1,3,5-6H3. The van der Waals surface area contributed by atoms with E-state index in [1.54, 1.807) is 6.92 Å². The van der Waals surface area contributed by atoms with E-state index in [4.69, 9.17) is 9.47 Å². The van der Waals surface area contributed by atoms with Gasteiger partial charge in [-0.15, -0.1) is 0 Å². The second-order valence-corrected chi connectivity index (χ2v) is 13.2. The van der Waals surface area contributed by atoms with E-state index >= 15 is 0 Å². The highest BCUT2D eigenvalue weighted by Crippen LogP contribution is 2.43. The fourth-order valence-electron chi connectivity index (χ4n) is 6.47. The first-order chi connectivity index (χ1) is 18.5. The Labute approximate surface area is 239 Å². The van der Waals surface area contributed by atoms with Crippen molar-refractivity contribution in [1.29, 1.82) is 0 Å². The normalized spacial score (nSPS) is 24.5. The van der Waals surface area contributed by atoms with Gasteiger partial charge in [0.2, 0.25) is 0 Å². The summed E-state index contributed by atoms with van der Waals surface area (Å²) in [4.78, 5) is 24.3. The molecule has 0 heterocycles. The molecule has 1 N–H and O–H groups in total. The van der Waals surface area contributed by atoms with E-state index in [-0.39, 0.29) is 24.7 Å². The Morgan fingerprint density at radius 3 is 1.77 bits per heavy atom. The fraction of sp³-hybridized carbons (Fsp3) is 0.824. The first-order valence-electron chi connectivity index (χ1n) is 15.9. The van der Waals surface area contributed by atoms with Gasteiger partial charge in [0.05, 0.1) is 24.4 Å². The first-order valence-corrected chi connectivity index (χ1v) is 15.9. The van der Waals surface area contributed by atoms with E-state index in [1.807, 2.05) is 0 Å². The molecule has 0 aromatic heterocycles. The van der Waals surface area contributed by atoms with Crippen LogP contribution in [-0.2, 0) is 19.1 Å². The van der Waals surface area contributed by atoms with Gasteiger partial charge in [0, 0.05) is 11.5 Å². The molecule has 2 aliphatic carbocycles. The Hall–Kier alpha value is -1.62. The Balaban J connectivity index is 1.73. The van der Waals surface area contributed by atoms with Gasteiger partial charge in [0.25, 0.3) is 0 Å². The van der Waals surface area contributed by atoms with Crippen molar-refractivity contribution in [3.05, 3.63) is 24.3 Å². The monoisotopic (exact) mass is 546 g/mol. The molecule has 0 amide bonds. The van der Waals surface area contributed by atoms with Crippen LogP contribution < -0.4 is 0 Å². The van der Waals surface area contributed by atoms with Gasteiger partial charge < -0.3 is 14.6 Å². The number of carbonyl (C=O) groups excluding carboxylic acids is 2. The zero-order valence-corrected chi connectivity index (χ0v) is 25.6. The van der Waals surface area contributed by atoms with Crippen LogP contribution in [0.1, 0.15) is 130 Å². The number of unbranched alkanes of at least 4 members (excludes halogenated alkanes) is 4. The van der Waals surface area contributed by atoms with Crippen molar-refractivity contribution >= 4 is 11.9 Å². The third-order valence-electron chi connectivity index (χ3n) is 9.38. The minimum absolute atomic E-state index is 0.0273. The summed E-state index contributed by atoms with van der Waals surface area (Å²) in [6, 6.07) is 0. The molecular formula is C34H58O5. The number of hydrogen-bond acceptors (Lipinski definition) is 5. The minimum Gasteiger partial charge on any atom is -0.462 e. The van der Waals surface area contributed by atoms with Gasteiger partial charge in [-0.25, -0.2) is 9.59 Å². The summed E-state index contributed by atoms with van der Waals surface area (Å²) in [6.45, 7) is 14.6. The van der Waals surface area contributed by atoms with Gasteiger partial charge in [-0.3, -0.25) is 0 Å². The van der Waals surface area contributed by atoms with Crippen molar-refractivity contribution < 1.29 is 24.2 Å². The van der Waals surface area contributed by atoms with Gasteiger partial charge >= 0.3 is 11.9 Å². The molecule has 5 heteroatoms. The lowest BCUT2D eigenvalue weighted by atomic mass is 9.68. The van der Waals surface area contributed by atoms with E-state index < -0.39 is 17.5 Å². The summed E-state index contributed by atoms with van der Waals surface area (Å²) in [7, 11) is 0. The number of rotatable bonds is 17. The van der Waals surface area contributed by atoms with Crippen LogP contribution in [0.15, 0.2) is 24.3 Å². The highest BCUT2D eigenvalue weighted by molar-refractivity contribution is 5.89. The predicted octanol–water partition coefficient (Wildman–Crippen LogP) is 8.35. The van der Waals surface area contributed by atoms with Gasteiger partial charge in [-0.1, -0.05) is 84.3 Å². The molecule has 2 saturated carbocycles. The highest BCUT2D eigenvalue weighted by atomic mass is 16.5. The number of carbonyl (C=O) groups is 2. The maximum atomic E-state index is 12.3. The SMILES string of the molecule is C=C(C)C(=O)OCC(CCC1CCC(C2CCC(CCCCCCC)CC2)CC1)COC(=O)C(=C)C(C)(C)O. The molecule has 0 aromatic carbocycles. The molecule has 0 spiro atoms. The highest BCUT2D eigenvalue weighted by Gasteiger charge is 2.31. The topological polar surface area (TPSA) is 72.8 Å². The Kier molecular flexibility index (Phi) is 14.9. The summed E-state index contributed by atoms with van der Waals surface area (Å²) in [5.74, 6) is 2.38. The minimum atomic E-state index is -1.33. The third-order valence-corrected chi connectivity index (χ3v) is 9.38. The van der Waals surface area contributed by atoms with E-state index in [0.29, 0.717) is 11.5 Å². The first kappa shape index (κ1) is 33.6. The molecule has 39 heavy (non-hydrogen) atoms. The third kappa shape index (κ3) is 12.6. The van der Waals surface area contributed by atoms with E-state index in [9.17, 15) is 14.7 Å². The molecule has 2 rings (SSSR count). The second-order valence-electron chi connectivity index (χ2n) is 13.2. The van der Waals surface area contributed by atoms with Crippen LogP contribution in [0.2, 0.25) is 0 Å². The van der Waals surface area contributed by atoms with E-state index in [2.05, 4.69) is 20.1 Å². The number of hydrogen-bond donors (Lipinski definition) is 1. The number of aliphatic hydroxyl groups is 1. The van der Waals surface area contributed by atoms with Crippen LogP contribution in [-0.4, -0.2) is 35.9 Å². The summed E-state index contributed by atoms with van der Waals surface area (Å²) >= 11 is 0. The largest absolute Gasteiger partial charge is 0.462 e. The van der Waals surface area contributed by atoms with Crippen molar-refractivity contribution in [2.75, 3.05) is 13.2 Å². The summed E-state index contributed by atoms with van der Waals surface area (Å²) < 4.78 is 10.9. The molecule has 0 radical (unpaired) electrons. The zero-order chi connectivity index (χ0) is 28.8. The maximum absolute atomic E-state index is 12.3. The van der Waals surface area contributed by atoms with Gasteiger partial charge in [0.15, 0.2) is 0 Å². The van der Waals surface area contributed by atoms with Crippen LogP contribution in [0.4, 0.5) is 0 Å². The molecule has 1 unspecified atom stereocenters. The van der Waals surface area contributed by atoms with Crippen LogP contribution in [0.25, 0.3) is 0 Å². The lowest BCUT2D eigenvalue weighted by Gasteiger charge is -2.38. The van der Waals surface area contributed by atoms with Crippen molar-refractivity contribution in [3.8, 4) is 0 Å². The van der Waals surface area contributed by atoms with Crippen LogP contribution in [0.3, 0.4) is 0 Å². The zero-order valence-electron chi connectivity index (χ0n) is 25.6. The maximum Gasteiger partial charge on any atom is 0.336 e. The smallest absolute Gasteiger partial charge is 0.336 e. The molecule has 0 aliphatic heterocycles. The summed E-state index contributed by atoms with van der Waals surface area (Å²) in [5.41, 5.74) is -0.939. The number of esters is 2. The van der Waals surface area contributed by atoms with Crippen LogP contribution in [0, 0.1) is 29.6 Å². The Bertz CT molecular complexity index is 763. The Morgan fingerprint density at radius 1 is 0.795 bits per heavy atom. The van der Waals surface area contributed by atoms with Crippen molar-refractivity contribution in [3.63, 3.8) is 0 Å². The van der Waals surface area contributed by atoms with E-state index in [0.717, 1.165) is 30.6 Å². The predicted molar refractivity (Wildman–Crippen MR) is 159 cm³/mol. The van der Waals surface area contributed by atoms with Crippen LogP contribution in [0.5, 0.6) is 0 Å². The molecule has 1 atom stereocenters. The number of ether oxygens (including phenoxy) is 2. The fourth-order valence-corrected chi connectivity index (χ4v) is 6.47. The van der Waals surface area contributed by atoms with Crippen molar-refractivity contribution in [1.82, 2.24) is 0 Å². The average Bonchev–Trinajstić information content (AvgIpc) is 2.91. The summed E-state index contributed by atoms with van der Waals surface area (Å²) in [5, 5.41) is 10.0. The molecule has 5 nitrogen and oxygen atoms in total. The lowest BCUT2D eigenvalue weighted by Crippen LogP contribution is -2.30. The lowest BCUT2D eigenvalue weighted by molar-refractivity contribution is -0.145. The van der Waals surface area contributed by atoms with Gasteiger partial charge in [-0.05, 0) is 83.0 Å². The molecule has 0 saturated heterocycles. The average molecular weight is 547 g/mol. The molecule has 0 bridgehead atoms. The Morgan fingerprint density at radius 2 is 1.28 bits per heavy atom. The van der Waals surface area contributed by atoms with Gasteiger partial charge in [0.1, 0.15) is 0 Å². The van der Waals surface area contributed by atoms with Crippen LogP contribution >= 0.6 is 0 Å². The van der Waals surface area contributed by atoms with E-state index in [1.165, 1.54) is 104 Å². The summed E-state index contributed by atoms with van der Waals surface area (Å²) in [6.07, 6.45) is 21.3. The van der Waals surface area contributed by atoms with Crippen molar-refractivity contribution in [2.24, 2.45) is 29.6 Å².